The Kier molecular flexibility index (Phi) is 5.09. The third-order valence-electron chi connectivity index (χ3n) is 6.00. The Hall–Kier alpha value is -0.860. The second-order valence-electron chi connectivity index (χ2n) is 7.64. The van der Waals surface area contributed by atoms with Crippen LogP contribution in [0, 0.1) is 0 Å². The molecule has 0 unspecified atom stereocenters. The highest BCUT2D eigenvalue weighted by molar-refractivity contribution is 7.88. The third-order valence-corrected chi connectivity index (χ3v) is 7.33. The molecule has 0 bridgehead atoms. The van der Waals surface area contributed by atoms with E-state index in [9.17, 15) is 13.2 Å². The average molecular weight is 359 g/mol. The van der Waals surface area contributed by atoms with E-state index in [-0.39, 0.29) is 17.6 Å². The SMILES string of the molecule is CN1CCC2(CCCN2C(=O)NC[C@H]2CCCN2S(C)(=O)=O)CC1. The molecule has 138 valence electrons. The van der Waals surface area contributed by atoms with Crippen molar-refractivity contribution in [3.8, 4) is 0 Å². The largest absolute Gasteiger partial charge is 0.336 e. The molecule has 3 aliphatic heterocycles. The fourth-order valence-electron chi connectivity index (χ4n) is 4.56. The zero-order chi connectivity index (χ0) is 17.4. The fourth-order valence-corrected chi connectivity index (χ4v) is 5.74. The maximum absolute atomic E-state index is 12.7. The fraction of sp³-hybridized carbons (Fsp3) is 0.938. The van der Waals surface area contributed by atoms with Crippen LogP contribution in [-0.4, -0.2) is 86.2 Å². The van der Waals surface area contributed by atoms with E-state index in [2.05, 4.69) is 17.3 Å². The molecule has 24 heavy (non-hydrogen) atoms. The van der Waals surface area contributed by atoms with Crippen LogP contribution in [0.4, 0.5) is 4.79 Å². The number of sulfonamides is 1. The number of hydrogen-bond acceptors (Lipinski definition) is 4. The van der Waals surface area contributed by atoms with E-state index >= 15 is 0 Å². The molecule has 3 heterocycles. The number of nitrogens with one attached hydrogen (secondary N) is 1. The Labute approximate surface area is 145 Å². The van der Waals surface area contributed by atoms with Crippen molar-refractivity contribution in [3.05, 3.63) is 0 Å². The van der Waals surface area contributed by atoms with Gasteiger partial charge in [0, 0.05) is 44.3 Å². The van der Waals surface area contributed by atoms with Gasteiger partial charge in [0.05, 0.1) is 6.26 Å². The molecule has 0 aromatic carbocycles. The number of carbonyl (C=O) groups is 1. The van der Waals surface area contributed by atoms with Gasteiger partial charge in [0.1, 0.15) is 0 Å². The molecule has 3 rings (SSSR count). The van der Waals surface area contributed by atoms with Crippen LogP contribution in [0.5, 0.6) is 0 Å². The summed E-state index contributed by atoms with van der Waals surface area (Å²) in [6.07, 6.45) is 7.17. The van der Waals surface area contributed by atoms with Crippen molar-refractivity contribution >= 4 is 16.1 Å². The van der Waals surface area contributed by atoms with Gasteiger partial charge in [0.2, 0.25) is 10.0 Å². The van der Waals surface area contributed by atoms with Crippen molar-refractivity contribution in [3.63, 3.8) is 0 Å². The Bertz CT molecular complexity index is 572. The number of piperidine rings is 1. The van der Waals surface area contributed by atoms with Crippen LogP contribution < -0.4 is 5.32 Å². The summed E-state index contributed by atoms with van der Waals surface area (Å²) in [7, 11) is -1.06. The van der Waals surface area contributed by atoms with Gasteiger partial charge in [-0.05, 0) is 45.6 Å². The van der Waals surface area contributed by atoms with E-state index in [4.69, 9.17) is 0 Å². The summed E-state index contributed by atoms with van der Waals surface area (Å²) >= 11 is 0. The van der Waals surface area contributed by atoms with E-state index in [1.54, 1.807) is 0 Å². The summed E-state index contributed by atoms with van der Waals surface area (Å²) in [5.74, 6) is 0. The molecular formula is C16H30N4O3S. The zero-order valence-electron chi connectivity index (χ0n) is 14.8. The number of rotatable bonds is 3. The quantitative estimate of drug-likeness (QED) is 0.805. The van der Waals surface area contributed by atoms with Crippen molar-refractivity contribution in [1.29, 1.82) is 0 Å². The molecule has 8 heteroatoms. The van der Waals surface area contributed by atoms with Gasteiger partial charge in [-0.1, -0.05) is 0 Å². The molecule has 3 saturated heterocycles. The van der Waals surface area contributed by atoms with Gasteiger partial charge in [-0.2, -0.15) is 4.31 Å². The Morgan fingerprint density at radius 3 is 2.50 bits per heavy atom. The van der Waals surface area contributed by atoms with Crippen LogP contribution in [-0.2, 0) is 10.0 Å². The second-order valence-corrected chi connectivity index (χ2v) is 9.57. The van der Waals surface area contributed by atoms with Gasteiger partial charge in [-0.3, -0.25) is 0 Å². The molecule has 0 aromatic heterocycles. The maximum atomic E-state index is 12.7. The van der Waals surface area contributed by atoms with Crippen molar-refractivity contribution < 1.29 is 13.2 Å². The van der Waals surface area contributed by atoms with Gasteiger partial charge in [0.15, 0.2) is 0 Å². The van der Waals surface area contributed by atoms with Crippen molar-refractivity contribution in [2.75, 3.05) is 46.0 Å². The molecule has 0 aromatic rings. The number of urea groups is 1. The predicted molar refractivity (Wildman–Crippen MR) is 93.4 cm³/mol. The minimum absolute atomic E-state index is 0.0163. The lowest BCUT2D eigenvalue weighted by Crippen LogP contribution is -2.57. The number of nitrogens with zero attached hydrogens (tertiary/aromatic N) is 3. The van der Waals surface area contributed by atoms with Crippen LogP contribution in [0.2, 0.25) is 0 Å². The molecular weight excluding hydrogens is 328 g/mol. The van der Waals surface area contributed by atoms with Crippen LogP contribution in [0.25, 0.3) is 0 Å². The number of carbonyl (C=O) groups excluding carboxylic acids is 1. The van der Waals surface area contributed by atoms with Crippen molar-refractivity contribution in [2.24, 2.45) is 0 Å². The lowest BCUT2D eigenvalue weighted by Gasteiger charge is -2.44. The number of amides is 2. The van der Waals surface area contributed by atoms with E-state index in [0.29, 0.717) is 13.1 Å². The number of hydrogen-bond donors (Lipinski definition) is 1. The van der Waals surface area contributed by atoms with E-state index in [1.165, 1.54) is 10.6 Å². The molecule has 2 amide bonds. The first kappa shape index (κ1) is 17.9. The molecule has 7 nitrogen and oxygen atoms in total. The van der Waals surface area contributed by atoms with Gasteiger partial charge in [0.25, 0.3) is 0 Å². The standard InChI is InChI=1S/C16H30N4O3S/c1-18-11-7-16(8-12-18)6-4-9-19(16)15(21)17-13-14-5-3-10-20(14)24(2,22)23/h14H,3-13H2,1-2H3,(H,17,21)/t14-/m1/s1. The average Bonchev–Trinajstić information content (AvgIpc) is 3.15. The molecule has 3 fully saturated rings. The highest BCUT2D eigenvalue weighted by Crippen LogP contribution is 2.38. The van der Waals surface area contributed by atoms with Crippen LogP contribution >= 0.6 is 0 Å². The first-order chi connectivity index (χ1) is 11.3. The predicted octanol–water partition coefficient (Wildman–Crippen LogP) is 0.680. The van der Waals surface area contributed by atoms with E-state index in [0.717, 1.165) is 58.2 Å². The van der Waals surface area contributed by atoms with Gasteiger partial charge in [-0.25, -0.2) is 13.2 Å². The minimum Gasteiger partial charge on any atom is -0.336 e. The summed E-state index contributed by atoms with van der Waals surface area (Å²) in [6, 6.07) is -0.114. The Morgan fingerprint density at radius 2 is 1.83 bits per heavy atom. The van der Waals surface area contributed by atoms with Crippen molar-refractivity contribution in [2.45, 2.75) is 50.1 Å². The lowest BCUT2D eigenvalue weighted by atomic mass is 9.85. The minimum atomic E-state index is -3.19. The summed E-state index contributed by atoms with van der Waals surface area (Å²) < 4.78 is 25.2. The van der Waals surface area contributed by atoms with Crippen molar-refractivity contribution in [1.82, 2.24) is 19.4 Å². The van der Waals surface area contributed by atoms with Crippen LogP contribution in [0.1, 0.15) is 38.5 Å². The maximum Gasteiger partial charge on any atom is 0.317 e. The van der Waals surface area contributed by atoms with Gasteiger partial charge in [-0.15, -0.1) is 0 Å². The highest BCUT2D eigenvalue weighted by Gasteiger charge is 2.45. The van der Waals surface area contributed by atoms with Gasteiger partial charge >= 0.3 is 6.03 Å². The number of likely N-dealkylation sites (tertiary alicyclic amines) is 2. The molecule has 1 spiro atoms. The first-order valence-corrected chi connectivity index (χ1v) is 10.9. The summed E-state index contributed by atoms with van der Waals surface area (Å²) in [5.41, 5.74) is 0.0167. The summed E-state index contributed by atoms with van der Waals surface area (Å²) in [4.78, 5) is 17.1. The zero-order valence-corrected chi connectivity index (χ0v) is 15.6. The molecule has 0 radical (unpaired) electrons. The smallest absolute Gasteiger partial charge is 0.317 e. The lowest BCUT2D eigenvalue weighted by molar-refractivity contribution is 0.0825. The summed E-state index contributed by atoms with van der Waals surface area (Å²) in [6.45, 7) is 3.87. The monoisotopic (exact) mass is 358 g/mol. The van der Waals surface area contributed by atoms with Gasteiger partial charge < -0.3 is 15.1 Å². The molecule has 3 aliphatic rings. The molecule has 1 atom stereocenters. The Balaban J connectivity index is 1.59. The molecule has 0 saturated carbocycles. The van der Waals surface area contributed by atoms with Crippen LogP contribution in [0.15, 0.2) is 0 Å². The van der Waals surface area contributed by atoms with Crippen LogP contribution in [0.3, 0.4) is 0 Å². The summed E-state index contributed by atoms with van der Waals surface area (Å²) in [5, 5.41) is 3.02. The van der Waals surface area contributed by atoms with E-state index < -0.39 is 10.0 Å². The molecule has 0 aliphatic carbocycles. The second kappa shape index (κ2) is 6.80. The third kappa shape index (κ3) is 3.55. The normalized spacial score (nSPS) is 28.6. The first-order valence-electron chi connectivity index (χ1n) is 9.03. The Morgan fingerprint density at radius 1 is 1.12 bits per heavy atom. The van der Waals surface area contributed by atoms with E-state index in [1.807, 2.05) is 4.90 Å². The molecule has 1 N–H and O–H groups in total. The highest BCUT2D eigenvalue weighted by atomic mass is 32.2. The topological polar surface area (TPSA) is 73.0 Å².